The molecule has 1 aromatic heterocycles. The highest BCUT2D eigenvalue weighted by Gasteiger charge is 2.11. The van der Waals surface area contributed by atoms with Gasteiger partial charge in [0.2, 0.25) is 0 Å². The van der Waals surface area contributed by atoms with E-state index in [2.05, 4.69) is 10.3 Å². The summed E-state index contributed by atoms with van der Waals surface area (Å²) in [7, 11) is 0. The Morgan fingerprint density at radius 1 is 1.69 bits per heavy atom. The molecule has 0 saturated heterocycles. The Kier molecular flexibility index (Phi) is 4.19. The van der Waals surface area contributed by atoms with Crippen LogP contribution in [0.1, 0.15) is 18.9 Å². The molecule has 0 aliphatic rings. The van der Waals surface area contributed by atoms with Gasteiger partial charge in [0.25, 0.3) is 5.69 Å². The Bertz CT molecular complexity index is 382. The molecule has 6 heteroatoms. The average molecular weight is 225 g/mol. The van der Waals surface area contributed by atoms with Crippen molar-refractivity contribution in [3.05, 3.63) is 27.9 Å². The summed E-state index contributed by atoms with van der Waals surface area (Å²) in [6.07, 6.45) is 1.44. The number of aliphatic hydroxyl groups excluding tert-OH is 1. The lowest BCUT2D eigenvalue weighted by Crippen LogP contribution is -2.18. The average Bonchev–Trinajstić information content (AvgIpc) is 2.25. The SMILES string of the molecule is CCC(O)CNc1cc(C)c([N+](=O)[O-])cn1. The summed E-state index contributed by atoms with van der Waals surface area (Å²) in [5, 5.41) is 22.8. The van der Waals surface area contributed by atoms with E-state index in [0.29, 0.717) is 24.3 Å². The molecule has 0 radical (unpaired) electrons. The number of pyridine rings is 1. The standard InChI is InChI=1S/C10H15N3O3/c1-3-8(14)5-11-10-4-7(2)9(6-12-10)13(15)16/h4,6,8,14H,3,5H2,1-2H3,(H,11,12). The molecule has 1 rings (SSSR count). The topological polar surface area (TPSA) is 88.3 Å². The number of aromatic nitrogens is 1. The van der Waals surface area contributed by atoms with Gasteiger partial charge in [-0.15, -0.1) is 0 Å². The van der Waals surface area contributed by atoms with E-state index in [1.165, 1.54) is 6.20 Å². The van der Waals surface area contributed by atoms with Crippen LogP contribution in [0.5, 0.6) is 0 Å². The molecule has 0 aromatic carbocycles. The first-order chi connectivity index (χ1) is 7.54. The molecule has 0 spiro atoms. The number of rotatable bonds is 5. The molecule has 0 aliphatic heterocycles. The number of nitro groups is 1. The number of nitrogens with zero attached hydrogens (tertiary/aromatic N) is 2. The Hall–Kier alpha value is -1.69. The van der Waals surface area contributed by atoms with Crippen LogP contribution in [0.2, 0.25) is 0 Å². The highest BCUT2D eigenvalue weighted by Crippen LogP contribution is 2.18. The fourth-order valence-electron chi connectivity index (χ4n) is 1.20. The predicted molar refractivity (Wildman–Crippen MR) is 60.4 cm³/mol. The van der Waals surface area contributed by atoms with Crippen LogP contribution in [0.4, 0.5) is 11.5 Å². The summed E-state index contributed by atoms with van der Waals surface area (Å²) in [4.78, 5) is 14.0. The van der Waals surface area contributed by atoms with Crippen molar-refractivity contribution in [2.45, 2.75) is 26.4 Å². The fraction of sp³-hybridized carbons (Fsp3) is 0.500. The van der Waals surface area contributed by atoms with Gasteiger partial charge >= 0.3 is 0 Å². The molecule has 1 aromatic rings. The van der Waals surface area contributed by atoms with Crippen LogP contribution in [-0.4, -0.2) is 27.7 Å². The number of aryl methyl sites for hydroxylation is 1. The summed E-state index contributed by atoms with van der Waals surface area (Å²) >= 11 is 0. The third-order valence-electron chi connectivity index (χ3n) is 2.27. The van der Waals surface area contributed by atoms with Gasteiger partial charge in [0.15, 0.2) is 0 Å². The molecule has 0 aliphatic carbocycles. The maximum Gasteiger partial charge on any atom is 0.290 e. The van der Waals surface area contributed by atoms with Crippen molar-refractivity contribution >= 4 is 11.5 Å². The Morgan fingerprint density at radius 3 is 2.88 bits per heavy atom. The van der Waals surface area contributed by atoms with E-state index in [-0.39, 0.29) is 5.69 Å². The van der Waals surface area contributed by atoms with E-state index >= 15 is 0 Å². The molecule has 1 unspecified atom stereocenters. The van der Waals surface area contributed by atoms with Crippen molar-refractivity contribution < 1.29 is 10.0 Å². The third-order valence-corrected chi connectivity index (χ3v) is 2.27. The zero-order valence-electron chi connectivity index (χ0n) is 9.30. The molecule has 88 valence electrons. The van der Waals surface area contributed by atoms with Gasteiger partial charge in [-0.3, -0.25) is 10.1 Å². The summed E-state index contributed by atoms with van der Waals surface area (Å²) in [6, 6.07) is 1.60. The molecular formula is C10H15N3O3. The number of hydrogen-bond donors (Lipinski definition) is 2. The summed E-state index contributed by atoms with van der Waals surface area (Å²) in [5.41, 5.74) is 0.551. The Morgan fingerprint density at radius 2 is 2.38 bits per heavy atom. The quantitative estimate of drug-likeness (QED) is 0.585. The molecule has 1 atom stereocenters. The van der Waals surface area contributed by atoms with Crippen LogP contribution in [0.3, 0.4) is 0 Å². The van der Waals surface area contributed by atoms with E-state index in [1.807, 2.05) is 6.92 Å². The highest BCUT2D eigenvalue weighted by molar-refractivity contribution is 5.46. The fourth-order valence-corrected chi connectivity index (χ4v) is 1.20. The molecule has 16 heavy (non-hydrogen) atoms. The predicted octanol–water partition coefficient (Wildman–Crippen LogP) is 1.48. The van der Waals surface area contributed by atoms with Gasteiger partial charge in [-0.1, -0.05) is 6.92 Å². The van der Waals surface area contributed by atoms with E-state index in [4.69, 9.17) is 0 Å². The maximum atomic E-state index is 10.6. The lowest BCUT2D eigenvalue weighted by atomic mass is 10.2. The van der Waals surface area contributed by atoms with Gasteiger partial charge in [-0.2, -0.15) is 0 Å². The number of anilines is 1. The van der Waals surface area contributed by atoms with Crippen LogP contribution in [0.25, 0.3) is 0 Å². The summed E-state index contributed by atoms with van der Waals surface area (Å²) in [5.74, 6) is 0.538. The maximum absolute atomic E-state index is 10.6. The second-order valence-corrected chi connectivity index (χ2v) is 3.56. The Balaban J connectivity index is 2.70. The molecule has 0 bridgehead atoms. The van der Waals surface area contributed by atoms with Crippen molar-refractivity contribution in [1.82, 2.24) is 4.98 Å². The lowest BCUT2D eigenvalue weighted by molar-refractivity contribution is -0.385. The van der Waals surface area contributed by atoms with Crippen LogP contribution in [0, 0.1) is 17.0 Å². The van der Waals surface area contributed by atoms with Gasteiger partial charge in [0.1, 0.15) is 12.0 Å². The number of aliphatic hydroxyl groups is 1. The van der Waals surface area contributed by atoms with Gasteiger partial charge in [-0.05, 0) is 19.4 Å². The van der Waals surface area contributed by atoms with E-state index < -0.39 is 11.0 Å². The molecule has 6 nitrogen and oxygen atoms in total. The molecular weight excluding hydrogens is 210 g/mol. The monoisotopic (exact) mass is 225 g/mol. The van der Waals surface area contributed by atoms with Crippen LogP contribution < -0.4 is 5.32 Å². The van der Waals surface area contributed by atoms with Gasteiger partial charge < -0.3 is 10.4 Å². The zero-order valence-corrected chi connectivity index (χ0v) is 9.30. The van der Waals surface area contributed by atoms with Gasteiger partial charge in [0.05, 0.1) is 11.0 Å². The summed E-state index contributed by atoms with van der Waals surface area (Å²) in [6.45, 7) is 3.92. The van der Waals surface area contributed by atoms with Crippen LogP contribution in [-0.2, 0) is 0 Å². The molecule has 2 N–H and O–H groups in total. The normalized spacial score (nSPS) is 12.2. The number of nitrogens with one attached hydrogen (secondary N) is 1. The van der Waals surface area contributed by atoms with Crippen molar-refractivity contribution in [2.24, 2.45) is 0 Å². The van der Waals surface area contributed by atoms with Crippen molar-refractivity contribution in [3.63, 3.8) is 0 Å². The van der Waals surface area contributed by atoms with Gasteiger partial charge in [0, 0.05) is 12.1 Å². The smallest absolute Gasteiger partial charge is 0.290 e. The first-order valence-corrected chi connectivity index (χ1v) is 5.07. The minimum atomic E-state index is -0.465. The van der Waals surface area contributed by atoms with E-state index in [9.17, 15) is 15.2 Å². The minimum absolute atomic E-state index is 0.00147. The zero-order chi connectivity index (χ0) is 12.1. The summed E-state index contributed by atoms with van der Waals surface area (Å²) < 4.78 is 0. The second-order valence-electron chi connectivity index (χ2n) is 3.56. The largest absolute Gasteiger partial charge is 0.391 e. The minimum Gasteiger partial charge on any atom is -0.391 e. The van der Waals surface area contributed by atoms with Crippen molar-refractivity contribution in [1.29, 1.82) is 0 Å². The lowest BCUT2D eigenvalue weighted by Gasteiger charge is -2.10. The molecule has 0 saturated carbocycles. The van der Waals surface area contributed by atoms with Gasteiger partial charge in [-0.25, -0.2) is 4.98 Å². The molecule has 0 fully saturated rings. The highest BCUT2D eigenvalue weighted by atomic mass is 16.6. The molecule has 1 heterocycles. The van der Waals surface area contributed by atoms with E-state index in [0.717, 1.165) is 0 Å². The van der Waals surface area contributed by atoms with Crippen molar-refractivity contribution in [2.75, 3.05) is 11.9 Å². The van der Waals surface area contributed by atoms with Crippen LogP contribution in [0.15, 0.2) is 12.3 Å². The first-order valence-electron chi connectivity index (χ1n) is 5.07. The first kappa shape index (κ1) is 12.4. The van der Waals surface area contributed by atoms with E-state index in [1.54, 1.807) is 13.0 Å². The second kappa shape index (κ2) is 5.41. The van der Waals surface area contributed by atoms with Crippen molar-refractivity contribution in [3.8, 4) is 0 Å². The third kappa shape index (κ3) is 3.16. The number of hydrogen-bond acceptors (Lipinski definition) is 5. The van der Waals surface area contributed by atoms with Crippen LogP contribution >= 0.6 is 0 Å². The Labute approximate surface area is 93.5 Å². The molecule has 0 amide bonds.